The lowest BCUT2D eigenvalue weighted by Gasteiger charge is -2.31. The molecule has 0 saturated heterocycles. The summed E-state index contributed by atoms with van der Waals surface area (Å²) >= 11 is 0. The van der Waals surface area contributed by atoms with Crippen molar-refractivity contribution in [1.82, 2.24) is 15.2 Å². The Morgan fingerprint density at radius 1 is 1.47 bits per heavy atom. The molecule has 82 valence electrons. The number of aromatic nitrogens is 3. The molecule has 0 radical (unpaired) electrons. The Labute approximate surface area is 84.5 Å². The number of hydrogen-bond donors (Lipinski definition) is 4. The first-order valence-corrected chi connectivity index (χ1v) is 4.76. The van der Waals surface area contributed by atoms with Gasteiger partial charge in [0, 0.05) is 6.54 Å². The minimum atomic E-state index is -0.621. The molecule has 0 aliphatic heterocycles. The molecule has 4 N–H and O–H groups in total. The van der Waals surface area contributed by atoms with Crippen LogP contribution in [0.2, 0.25) is 0 Å². The van der Waals surface area contributed by atoms with Gasteiger partial charge in [0.15, 0.2) is 0 Å². The third kappa shape index (κ3) is 2.24. The van der Waals surface area contributed by atoms with Crippen LogP contribution in [-0.4, -0.2) is 32.9 Å². The number of nitrogens with one attached hydrogen (secondary N) is 3. The molecule has 1 aliphatic carbocycles. The molecule has 15 heavy (non-hydrogen) atoms. The fourth-order valence-electron chi connectivity index (χ4n) is 1.58. The maximum absolute atomic E-state index is 11.2. The molecule has 1 aromatic heterocycles. The van der Waals surface area contributed by atoms with Gasteiger partial charge >= 0.3 is 5.69 Å². The van der Waals surface area contributed by atoms with E-state index in [2.05, 4.69) is 20.5 Å². The highest BCUT2D eigenvalue weighted by Gasteiger charge is 2.26. The van der Waals surface area contributed by atoms with Gasteiger partial charge in [-0.2, -0.15) is 0 Å². The second kappa shape index (κ2) is 3.85. The highest BCUT2D eigenvalue weighted by atomic mass is 16.3. The molecular formula is C8H12N4O3. The van der Waals surface area contributed by atoms with Crippen LogP contribution in [0.15, 0.2) is 9.59 Å². The second-order valence-corrected chi connectivity index (χ2v) is 3.73. The van der Waals surface area contributed by atoms with Crippen molar-refractivity contribution in [3.8, 4) is 0 Å². The Kier molecular flexibility index (Phi) is 2.55. The highest BCUT2D eigenvalue weighted by Crippen LogP contribution is 2.26. The summed E-state index contributed by atoms with van der Waals surface area (Å²) in [7, 11) is 0. The van der Waals surface area contributed by atoms with Crippen LogP contribution in [-0.2, 0) is 0 Å². The van der Waals surface area contributed by atoms with Crippen molar-refractivity contribution >= 4 is 5.82 Å². The topological polar surface area (TPSA) is 111 Å². The molecule has 7 nitrogen and oxygen atoms in total. The third-order valence-corrected chi connectivity index (χ3v) is 2.48. The zero-order valence-corrected chi connectivity index (χ0v) is 7.99. The average Bonchev–Trinajstić information content (AvgIpc) is 2.13. The van der Waals surface area contributed by atoms with Crippen molar-refractivity contribution in [3.63, 3.8) is 0 Å². The van der Waals surface area contributed by atoms with Crippen molar-refractivity contribution in [3.05, 3.63) is 20.8 Å². The lowest BCUT2D eigenvalue weighted by atomic mass is 9.82. The van der Waals surface area contributed by atoms with Crippen molar-refractivity contribution < 1.29 is 5.11 Å². The van der Waals surface area contributed by atoms with Crippen LogP contribution in [0, 0.1) is 5.92 Å². The van der Waals surface area contributed by atoms with Crippen LogP contribution in [0.4, 0.5) is 5.82 Å². The van der Waals surface area contributed by atoms with Gasteiger partial charge in [-0.05, 0) is 18.8 Å². The molecule has 1 aliphatic rings. The van der Waals surface area contributed by atoms with Crippen LogP contribution in [0.5, 0.6) is 0 Å². The van der Waals surface area contributed by atoms with Crippen LogP contribution in [0.3, 0.4) is 0 Å². The number of hydrogen-bond acceptors (Lipinski definition) is 5. The number of aliphatic hydroxyl groups excluding tert-OH is 1. The number of nitrogens with zero attached hydrogens (tertiary/aromatic N) is 1. The summed E-state index contributed by atoms with van der Waals surface area (Å²) in [5, 5.41) is 17.6. The minimum absolute atomic E-state index is 0.107. The number of aliphatic hydroxyl groups is 1. The standard InChI is InChI=1S/C8H12N4O3/c13-5-1-4(2-5)3-9-6-7(14)10-8(15)12-11-6/h4-5,13H,1-3H2,(H,9,11)(H2,10,12,14,15). The normalized spacial score (nSPS) is 24.6. The summed E-state index contributed by atoms with van der Waals surface area (Å²) in [5.41, 5.74) is -1.15. The molecule has 1 aromatic rings. The van der Waals surface area contributed by atoms with E-state index < -0.39 is 11.2 Å². The molecule has 1 fully saturated rings. The molecule has 1 heterocycles. The van der Waals surface area contributed by atoms with Gasteiger partial charge in [-0.25, -0.2) is 9.89 Å². The maximum Gasteiger partial charge on any atom is 0.342 e. The molecule has 0 atom stereocenters. The molecule has 2 rings (SSSR count). The highest BCUT2D eigenvalue weighted by molar-refractivity contribution is 5.28. The van der Waals surface area contributed by atoms with Gasteiger partial charge in [-0.1, -0.05) is 0 Å². The van der Waals surface area contributed by atoms with Crippen LogP contribution in [0.1, 0.15) is 12.8 Å². The van der Waals surface area contributed by atoms with E-state index in [1.807, 2.05) is 0 Å². The molecule has 0 spiro atoms. The minimum Gasteiger partial charge on any atom is -0.393 e. The lowest BCUT2D eigenvalue weighted by molar-refractivity contribution is 0.0486. The number of H-pyrrole nitrogens is 2. The predicted molar refractivity (Wildman–Crippen MR) is 52.7 cm³/mol. The summed E-state index contributed by atoms with van der Waals surface area (Å²) < 4.78 is 0. The fourth-order valence-corrected chi connectivity index (χ4v) is 1.58. The smallest absolute Gasteiger partial charge is 0.342 e. The molecule has 0 bridgehead atoms. The molecular weight excluding hydrogens is 200 g/mol. The summed E-state index contributed by atoms with van der Waals surface area (Å²) in [6.07, 6.45) is 1.28. The Bertz CT molecular complexity index is 446. The van der Waals surface area contributed by atoms with E-state index in [0.29, 0.717) is 12.5 Å². The van der Waals surface area contributed by atoms with Gasteiger partial charge in [0.25, 0.3) is 5.56 Å². The predicted octanol–water partition coefficient (Wildman–Crippen LogP) is -1.36. The summed E-state index contributed by atoms with van der Waals surface area (Å²) in [5.74, 6) is 0.476. The Morgan fingerprint density at radius 2 is 2.20 bits per heavy atom. The number of rotatable bonds is 3. The Morgan fingerprint density at radius 3 is 2.80 bits per heavy atom. The van der Waals surface area contributed by atoms with E-state index in [0.717, 1.165) is 12.8 Å². The zero-order valence-electron chi connectivity index (χ0n) is 7.99. The number of aromatic amines is 2. The molecule has 0 amide bonds. The van der Waals surface area contributed by atoms with Gasteiger partial charge in [0.2, 0.25) is 5.82 Å². The molecule has 0 unspecified atom stereocenters. The van der Waals surface area contributed by atoms with Gasteiger partial charge in [0.05, 0.1) is 6.10 Å². The van der Waals surface area contributed by atoms with Gasteiger partial charge in [0.1, 0.15) is 0 Å². The summed E-state index contributed by atoms with van der Waals surface area (Å²) in [6.45, 7) is 0.583. The van der Waals surface area contributed by atoms with Gasteiger partial charge in [-0.15, -0.1) is 5.10 Å². The monoisotopic (exact) mass is 212 g/mol. The van der Waals surface area contributed by atoms with Crippen LogP contribution < -0.4 is 16.6 Å². The Balaban J connectivity index is 1.94. The Hall–Kier alpha value is -1.63. The first-order chi connectivity index (χ1) is 7.15. The van der Waals surface area contributed by atoms with E-state index in [1.165, 1.54) is 0 Å². The van der Waals surface area contributed by atoms with Gasteiger partial charge < -0.3 is 10.4 Å². The summed E-state index contributed by atoms with van der Waals surface area (Å²) in [6, 6.07) is 0. The quantitative estimate of drug-likeness (QED) is 0.494. The van der Waals surface area contributed by atoms with Crippen molar-refractivity contribution in [1.29, 1.82) is 0 Å². The first kappa shape index (κ1) is 9.91. The largest absolute Gasteiger partial charge is 0.393 e. The van der Waals surface area contributed by atoms with Crippen molar-refractivity contribution in [2.45, 2.75) is 18.9 Å². The van der Waals surface area contributed by atoms with Crippen molar-refractivity contribution in [2.75, 3.05) is 11.9 Å². The van der Waals surface area contributed by atoms with E-state index in [4.69, 9.17) is 5.11 Å². The van der Waals surface area contributed by atoms with E-state index in [9.17, 15) is 9.59 Å². The fraction of sp³-hybridized carbons (Fsp3) is 0.625. The van der Waals surface area contributed by atoms with E-state index in [1.54, 1.807) is 0 Å². The summed E-state index contributed by atoms with van der Waals surface area (Å²) in [4.78, 5) is 23.9. The molecule has 1 saturated carbocycles. The van der Waals surface area contributed by atoms with E-state index >= 15 is 0 Å². The van der Waals surface area contributed by atoms with E-state index in [-0.39, 0.29) is 11.9 Å². The SMILES string of the molecule is O=c1[nH]nc(NCC2CC(O)C2)c(=O)[nH]1. The maximum atomic E-state index is 11.2. The van der Waals surface area contributed by atoms with Crippen LogP contribution in [0.25, 0.3) is 0 Å². The third-order valence-electron chi connectivity index (χ3n) is 2.48. The second-order valence-electron chi connectivity index (χ2n) is 3.73. The molecule has 7 heteroatoms. The first-order valence-electron chi connectivity index (χ1n) is 4.76. The van der Waals surface area contributed by atoms with Crippen molar-refractivity contribution in [2.24, 2.45) is 5.92 Å². The number of anilines is 1. The van der Waals surface area contributed by atoms with Gasteiger partial charge in [-0.3, -0.25) is 9.78 Å². The van der Waals surface area contributed by atoms with Crippen LogP contribution >= 0.6 is 0 Å². The molecule has 0 aromatic carbocycles. The zero-order chi connectivity index (χ0) is 10.8. The average molecular weight is 212 g/mol. The lowest BCUT2D eigenvalue weighted by Crippen LogP contribution is -2.35.